The first-order chi connectivity index (χ1) is 15.3. The van der Waals surface area contributed by atoms with E-state index >= 15 is 0 Å². The fraction of sp³-hybridized carbons (Fsp3) is 0.208. The van der Waals surface area contributed by atoms with Crippen molar-refractivity contribution in [2.75, 3.05) is 13.1 Å². The van der Waals surface area contributed by atoms with Crippen LogP contribution in [0.3, 0.4) is 0 Å². The molecule has 1 heterocycles. The van der Waals surface area contributed by atoms with E-state index in [0.717, 1.165) is 9.87 Å². The van der Waals surface area contributed by atoms with Crippen molar-refractivity contribution in [2.24, 2.45) is 0 Å². The van der Waals surface area contributed by atoms with Crippen LogP contribution in [0.2, 0.25) is 5.02 Å². The summed E-state index contributed by atoms with van der Waals surface area (Å²) in [5, 5.41) is 0.396. The Bertz CT molecular complexity index is 1230. The van der Waals surface area contributed by atoms with Crippen molar-refractivity contribution in [1.29, 1.82) is 0 Å². The zero-order valence-corrected chi connectivity index (χ0v) is 18.8. The third kappa shape index (κ3) is 4.85. The van der Waals surface area contributed by atoms with Gasteiger partial charge < -0.3 is 4.90 Å². The third-order valence-corrected chi connectivity index (χ3v) is 7.61. The van der Waals surface area contributed by atoms with Crippen molar-refractivity contribution in [2.45, 2.75) is 24.4 Å². The SMILES string of the molecule is O=C(CN(Cc1ccccc1F)S(=O)(=O)c1ccc(Cl)cc1)N1CCc2ccccc2C1. The molecule has 0 spiro atoms. The molecule has 0 atom stereocenters. The van der Waals surface area contributed by atoms with Crippen molar-refractivity contribution in [3.05, 3.63) is 100 Å². The van der Waals surface area contributed by atoms with Crippen molar-refractivity contribution < 1.29 is 17.6 Å². The van der Waals surface area contributed by atoms with Gasteiger partial charge in [0.25, 0.3) is 0 Å². The summed E-state index contributed by atoms with van der Waals surface area (Å²) in [6, 6.07) is 19.5. The molecule has 0 saturated heterocycles. The maximum Gasteiger partial charge on any atom is 0.243 e. The van der Waals surface area contributed by atoms with E-state index in [1.165, 1.54) is 48.0 Å². The van der Waals surface area contributed by atoms with Gasteiger partial charge in [0.05, 0.1) is 11.4 Å². The van der Waals surface area contributed by atoms with Gasteiger partial charge in [-0.15, -0.1) is 0 Å². The summed E-state index contributed by atoms with van der Waals surface area (Å²) in [5.74, 6) is -0.850. The summed E-state index contributed by atoms with van der Waals surface area (Å²) in [5.41, 5.74) is 2.43. The average molecular weight is 473 g/mol. The second kappa shape index (κ2) is 9.40. The molecule has 1 amide bonds. The van der Waals surface area contributed by atoms with E-state index in [4.69, 9.17) is 11.6 Å². The molecule has 0 N–H and O–H groups in total. The molecule has 8 heteroatoms. The molecule has 0 fully saturated rings. The van der Waals surface area contributed by atoms with Crippen LogP contribution in [-0.2, 0) is 34.3 Å². The Labute approximate surface area is 192 Å². The Morgan fingerprint density at radius 3 is 2.34 bits per heavy atom. The second-order valence-electron chi connectivity index (χ2n) is 7.65. The lowest BCUT2D eigenvalue weighted by Crippen LogP contribution is -2.44. The molecule has 0 radical (unpaired) electrons. The Hall–Kier alpha value is -2.74. The minimum atomic E-state index is -4.07. The standard InChI is InChI=1S/C24H22ClFN2O3S/c25-21-9-11-22(12-10-21)32(30,31)28(16-20-7-3-4-8-23(20)26)17-24(29)27-14-13-18-5-1-2-6-19(18)15-27/h1-12H,13-17H2. The second-order valence-corrected chi connectivity index (χ2v) is 10.0. The Kier molecular flexibility index (Phi) is 6.60. The minimum Gasteiger partial charge on any atom is -0.337 e. The van der Waals surface area contributed by atoms with Crippen LogP contribution in [0.15, 0.2) is 77.7 Å². The first-order valence-corrected chi connectivity index (χ1v) is 12.0. The smallest absolute Gasteiger partial charge is 0.243 e. The van der Waals surface area contributed by atoms with Gasteiger partial charge in [0.15, 0.2) is 0 Å². The van der Waals surface area contributed by atoms with Crippen molar-refractivity contribution in [3.63, 3.8) is 0 Å². The zero-order chi connectivity index (χ0) is 22.7. The molecule has 3 aromatic rings. The minimum absolute atomic E-state index is 0.00460. The molecule has 1 aliphatic heterocycles. The molecule has 166 valence electrons. The Balaban J connectivity index is 1.61. The summed E-state index contributed by atoms with van der Waals surface area (Å²) < 4.78 is 42.1. The van der Waals surface area contributed by atoms with Crippen LogP contribution in [-0.4, -0.2) is 36.6 Å². The number of nitrogens with zero attached hydrogens (tertiary/aromatic N) is 2. The number of hydrogen-bond acceptors (Lipinski definition) is 3. The number of fused-ring (bicyclic) bond motifs is 1. The summed E-state index contributed by atoms with van der Waals surface area (Å²) in [6.07, 6.45) is 0.708. The first kappa shape index (κ1) is 22.5. The van der Waals surface area contributed by atoms with Crippen LogP contribution in [0, 0.1) is 5.82 Å². The molecule has 0 aromatic heterocycles. The van der Waals surface area contributed by atoms with E-state index < -0.39 is 15.8 Å². The summed E-state index contributed by atoms with van der Waals surface area (Å²) in [7, 11) is -4.07. The lowest BCUT2D eigenvalue weighted by atomic mass is 10.00. The quantitative estimate of drug-likeness (QED) is 0.538. The molecular formula is C24H22ClFN2O3S. The van der Waals surface area contributed by atoms with Crippen molar-refractivity contribution in [3.8, 4) is 0 Å². The summed E-state index contributed by atoms with van der Waals surface area (Å²) in [6.45, 7) is 0.281. The van der Waals surface area contributed by atoms with E-state index in [1.807, 2.05) is 24.3 Å². The van der Waals surface area contributed by atoms with Crippen molar-refractivity contribution >= 4 is 27.5 Å². The highest BCUT2D eigenvalue weighted by Gasteiger charge is 2.30. The largest absolute Gasteiger partial charge is 0.337 e. The fourth-order valence-electron chi connectivity index (χ4n) is 3.76. The van der Waals surface area contributed by atoms with Crippen LogP contribution < -0.4 is 0 Å². The lowest BCUT2D eigenvalue weighted by molar-refractivity contribution is -0.132. The van der Waals surface area contributed by atoms with Gasteiger partial charge in [-0.05, 0) is 47.9 Å². The summed E-state index contributed by atoms with van der Waals surface area (Å²) in [4.78, 5) is 14.8. The predicted octanol–water partition coefficient (Wildman–Crippen LogP) is 4.25. The normalized spacial score (nSPS) is 13.8. The van der Waals surface area contributed by atoms with E-state index in [-0.39, 0.29) is 29.5 Å². The highest BCUT2D eigenvalue weighted by atomic mass is 35.5. The Morgan fingerprint density at radius 1 is 0.969 bits per heavy atom. The maximum absolute atomic E-state index is 14.3. The third-order valence-electron chi connectivity index (χ3n) is 5.55. The molecule has 0 unspecified atom stereocenters. The molecule has 0 bridgehead atoms. The van der Waals surface area contributed by atoms with Gasteiger partial charge in [-0.3, -0.25) is 4.79 Å². The first-order valence-electron chi connectivity index (χ1n) is 10.2. The topological polar surface area (TPSA) is 57.7 Å². The fourth-order valence-corrected chi connectivity index (χ4v) is 5.25. The predicted molar refractivity (Wildman–Crippen MR) is 121 cm³/mol. The number of carbonyl (C=O) groups excluding carboxylic acids is 1. The number of hydrogen-bond donors (Lipinski definition) is 0. The lowest BCUT2D eigenvalue weighted by Gasteiger charge is -2.31. The molecule has 3 aromatic carbocycles. The molecule has 4 rings (SSSR count). The van der Waals surface area contributed by atoms with Gasteiger partial charge in [0.1, 0.15) is 5.82 Å². The average Bonchev–Trinajstić information content (AvgIpc) is 2.80. The highest BCUT2D eigenvalue weighted by Crippen LogP contribution is 2.23. The van der Waals surface area contributed by atoms with Gasteiger partial charge in [-0.1, -0.05) is 54.1 Å². The molecule has 0 saturated carbocycles. The number of amides is 1. The van der Waals surface area contributed by atoms with E-state index in [2.05, 4.69) is 0 Å². The van der Waals surface area contributed by atoms with Gasteiger partial charge in [-0.25, -0.2) is 12.8 Å². The van der Waals surface area contributed by atoms with E-state index in [0.29, 0.717) is 24.5 Å². The van der Waals surface area contributed by atoms with Crippen LogP contribution >= 0.6 is 11.6 Å². The van der Waals surface area contributed by atoms with Crippen LogP contribution in [0.5, 0.6) is 0 Å². The maximum atomic E-state index is 14.3. The number of halogens is 2. The molecular weight excluding hydrogens is 451 g/mol. The molecule has 32 heavy (non-hydrogen) atoms. The number of benzene rings is 3. The van der Waals surface area contributed by atoms with Gasteiger partial charge in [0, 0.05) is 30.2 Å². The van der Waals surface area contributed by atoms with Gasteiger partial charge >= 0.3 is 0 Å². The highest BCUT2D eigenvalue weighted by molar-refractivity contribution is 7.89. The number of sulfonamides is 1. The van der Waals surface area contributed by atoms with Gasteiger partial charge in [-0.2, -0.15) is 4.31 Å². The molecule has 1 aliphatic rings. The van der Waals surface area contributed by atoms with Crippen molar-refractivity contribution in [1.82, 2.24) is 9.21 Å². The van der Waals surface area contributed by atoms with Crippen LogP contribution in [0.25, 0.3) is 0 Å². The monoisotopic (exact) mass is 472 g/mol. The molecule has 0 aliphatic carbocycles. The number of rotatable bonds is 6. The van der Waals surface area contributed by atoms with E-state index in [1.54, 1.807) is 11.0 Å². The molecule has 5 nitrogen and oxygen atoms in total. The van der Waals surface area contributed by atoms with Crippen LogP contribution in [0.1, 0.15) is 16.7 Å². The number of carbonyl (C=O) groups is 1. The summed E-state index contributed by atoms with van der Waals surface area (Å²) >= 11 is 5.90. The van der Waals surface area contributed by atoms with E-state index in [9.17, 15) is 17.6 Å². The zero-order valence-electron chi connectivity index (χ0n) is 17.2. The van der Waals surface area contributed by atoms with Crippen LogP contribution in [0.4, 0.5) is 4.39 Å². The van der Waals surface area contributed by atoms with Gasteiger partial charge in [0.2, 0.25) is 15.9 Å². The Morgan fingerprint density at radius 2 is 1.62 bits per heavy atom.